The van der Waals surface area contributed by atoms with Gasteiger partial charge in [0.1, 0.15) is 12.4 Å². The third-order valence-corrected chi connectivity index (χ3v) is 6.93. The van der Waals surface area contributed by atoms with Crippen molar-refractivity contribution in [3.8, 4) is 0 Å². The molecule has 1 aliphatic heterocycles. The summed E-state index contributed by atoms with van der Waals surface area (Å²) in [6.45, 7) is 4.56. The van der Waals surface area contributed by atoms with Crippen LogP contribution in [0.5, 0.6) is 0 Å². The predicted molar refractivity (Wildman–Crippen MR) is 122 cm³/mol. The van der Waals surface area contributed by atoms with Crippen molar-refractivity contribution < 1.29 is 18.0 Å². The molecule has 1 saturated carbocycles. The highest BCUT2D eigenvalue weighted by Gasteiger charge is 2.30. The first-order chi connectivity index (χ1) is 16.3. The maximum atomic E-state index is 13.8. The largest absolute Gasteiger partial charge is 0.339 e. The van der Waals surface area contributed by atoms with Crippen molar-refractivity contribution in [2.24, 2.45) is 0 Å². The minimum atomic E-state index is -2.63. The maximum absolute atomic E-state index is 13.8. The number of carbonyl (C=O) groups excluding carboxylic acids is 1. The molecule has 0 spiro atoms. The number of alkyl halides is 2. The van der Waals surface area contributed by atoms with Crippen molar-refractivity contribution in [1.82, 2.24) is 24.6 Å². The Hall–Kier alpha value is -2.65. The van der Waals surface area contributed by atoms with Gasteiger partial charge in [0.15, 0.2) is 5.65 Å². The Labute approximate surface area is 200 Å². The van der Waals surface area contributed by atoms with Gasteiger partial charge in [-0.1, -0.05) is 17.7 Å². The number of hydrogen-bond donors (Lipinski definition) is 0. The minimum absolute atomic E-state index is 0.0437. The topological polar surface area (TPSA) is 54.3 Å². The van der Waals surface area contributed by atoms with Crippen molar-refractivity contribution in [2.75, 3.05) is 26.2 Å². The fourth-order valence-electron chi connectivity index (χ4n) is 4.55. The zero-order chi connectivity index (χ0) is 24.0. The summed E-state index contributed by atoms with van der Waals surface area (Å²) in [7, 11) is 0. The van der Waals surface area contributed by atoms with Crippen LogP contribution < -0.4 is 0 Å². The first kappa shape index (κ1) is 23.1. The highest BCUT2D eigenvalue weighted by atomic mass is 35.5. The highest BCUT2D eigenvalue weighted by molar-refractivity contribution is 6.31. The average molecular weight is 492 g/mol. The number of piperazine rings is 1. The maximum Gasteiger partial charge on any atom is 0.264 e. The van der Waals surface area contributed by atoms with Crippen molar-refractivity contribution in [3.63, 3.8) is 0 Å². The molecule has 2 aliphatic rings. The summed E-state index contributed by atoms with van der Waals surface area (Å²) in [6, 6.07) is 5.86. The van der Waals surface area contributed by atoms with E-state index in [1.807, 2.05) is 0 Å². The number of pyridine rings is 1. The first-order valence-corrected chi connectivity index (χ1v) is 11.8. The van der Waals surface area contributed by atoms with Crippen molar-refractivity contribution in [3.05, 3.63) is 57.6 Å². The Morgan fingerprint density at radius 2 is 1.91 bits per heavy atom. The molecule has 1 aromatic carbocycles. The summed E-state index contributed by atoms with van der Waals surface area (Å²) in [5.41, 5.74) is 2.25. The van der Waals surface area contributed by atoms with Crippen LogP contribution >= 0.6 is 11.6 Å². The molecule has 34 heavy (non-hydrogen) atoms. The molecule has 0 unspecified atom stereocenters. The number of fused-ring (bicyclic) bond motifs is 1. The van der Waals surface area contributed by atoms with E-state index < -0.39 is 6.43 Å². The summed E-state index contributed by atoms with van der Waals surface area (Å²) in [5.74, 6) is -0.282. The number of aromatic nitrogens is 3. The predicted octanol–water partition coefficient (Wildman–Crippen LogP) is 4.69. The Bertz CT molecular complexity index is 1240. The minimum Gasteiger partial charge on any atom is -0.339 e. The molecular weight excluding hydrogens is 467 g/mol. The van der Waals surface area contributed by atoms with Gasteiger partial charge in [-0.05, 0) is 43.5 Å². The van der Waals surface area contributed by atoms with Gasteiger partial charge < -0.3 is 4.90 Å². The number of aryl methyl sites for hydroxylation is 1. The molecule has 0 atom stereocenters. The number of hydrogen-bond acceptors (Lipinski definition) is 4. The second-order valence-electron chi connectivity index (χ2n) is 9.05. The standard InChI is InChI=1S/C24H25ClF3N5O/c1-14-22-18(23(27)28)11-20(15-2-3-15)29-24(22)33(30-14)13-21(34)32-8-6-31(7-9-32)12-16-4-5-17(26)10-19(16)25/h4-5,10-11,15,23H,2-3,6-9,12-13H2,1H3. The molecule has 2 fully saturated rings. The summed E-state index contributed by atoms with van der Waals surface area (Å²) in [6.07, 6.45) is -0.737. The first-order valence-electron chi connectivity index (χ1n) is 11.4. The zero-order valence-electron chi connectivity index (χ0n) is 18.8. The van der Waals surface area contributed by atoms with Crippen LogP contribution in [0.15, 0.2) is 24.3 Å². The highest BCUT2D eigenvalue weighted by Crippen LogP contribution is 2.42. The van der Waals surface area contributed by atoms with E-state index in [1.54, 1.807) is 17.9 Å². The summed E-state index contributed by atoms with van der Waals surface area (Å²) in [4.78, 5) is 21.6. The molecule has 0 N–H and O–H groups in total. The lowest BCUT2D eigenvalue weighted by atomic mass is 10.1. The fourth-order valence-corrected chi connectivity index (χ4v) is 4.78. The molecule has 6 nitrogen and oxygen atoms in total. The molecule has 1 saturated heterocycles. The molecule has 1 aliphatic carbocycles. The summed E-state index contributed by atoms with van der Waals surface area (Å²) >= 11 is 6.14. The second kappa shape index (κ2) is 9.19. The molecule has 180 valence electrons. The van der Waals surface area contributed by atoms with E-state index in [0.717, 1.165) is 18.4 Å². The molecule has 0 bridgehead atoms. The smallest absolute Gasteiger partial charge is 0.264 e. The summed E-state index contributed by atoms with van der Waals surface area (Å²) < 4.78 is 42.3. The van der Waals surface area contributed by atoms with Crippen LogP contribution in [0.3, 0.4) is 0 Å². The van der Waals surface area contributed by atoms with Gasteiger partial charge in [0.2, 0.25) is 5.91 Å². The third-order valence-electron chi connectivity index (χ3n) is 6.58. The molecule has 0 radical (unpaired) electrons. The van der Waals surface area contributed by atoms with Gasteiger partial charge in [-0.15, -0.1) is 0 Å². The van der Waals surface area contributed by atoms with Gasteiger partial charge in [0, 0.05) is 54.9 Å². The van der Waals surface area contributed by atoms with E-state index in [1.165, 1.54) is 22.9 Å². The fraction of sp³-hybridized carbons (Fsp3) is 0.458. The molecule has 10 heteroatoms. The molecule has 5 rings (SSSR count). The average Bonchev–Trinajstić information content (AvgIpc) is 3.61. The Morgan fingerprint density at radius 3 is 2.56 bits per heavy atom. The number of benzene rings is 1. The molecule has 1 amide bonds. The third kappa shape index (κ3) is 4.63. The Kier molecular flexibility index (Phi) is 6.24. The molecule has 3 heterocycles. The summed E-state index contributed by atoms with van der Waals surface area (Å²) in [5, 5.41) is 5.12. The van der Waals surface area contributed by atoms with Crippen LogP contribution in [-0.4, -0.2) is 56.7 Å². The quantitative estimate of drug-likeness (QED) is 0.502. The van der Waals surface area contributed by atoms with Crippen molar-refractivity contribution in [1.29, 1.82) is 0 Å². The van der Waals surface area contributed by atoms with Gasteiger partial charge >= 0.3 is 0 Å². The van der Waals surface area contributed by atoms with E-state index in [0.29, 0.717) is 60.2 Å². The lowest BCUT2D eigenvalue weighted by molar-refractivity contribution is -0.133. The van der Waals surface area contributed by atoms with E-state index >= 15 is 0 Å². The van der Waals surface area contributed by atoms with Gasteiger partial charge in [-0.3, -0.25) is 9.69 Å². The molecule has 2 aromatic heterocycles. The van der Waals surface area contributed by atoms with Crippen LogP contribution in [0.25, 0.3) is 11.0 Å². The number of nitrogens with zero attached hydrogens (tertiary/aromatic N) is 5. The zero-order valence-corrected chi connectivity index (χ0v) is 19.5. The van der Waals surface area contributed by atoms with Crippen LogP contribution in [0.2, 0.25) is 5.02 Å². The van der Waals surface area contributed by atoms with E-state index in [2.05, 4.69) is 15.0 Å². The van der Waals surface area contributed by atoms with Gasteiger partial charge in [0.05, 0.1) is 11.1 Å². The Morgan fingerprint density at radius 1 is 1.18 bits per heavy atom. The number of halogens is 4. The van der Waals surface area contributed by atoms with Crippen LogP contribution in [0.4, 0.5) is 13.2 Å². The number of rotatable bonds is 6. The monoisotopic (exact) mass is 491 g/mol. The second-order valence-corrected chi connectivity index (χ2v) is 9.45. The van der Waals surface area contributed by atoms with Crippen LogP contribution in [0.1, 0.15) is 47.7 Å². The van der Waals surface area contributed by atoms with Gasteiger partial charge in [-0.25, -0.2) is 22.8 Å². The normalized spacial score (nSPS) is 17.2. The molecule has 3 aromatic rings. The Balaban J connectivity index is 1.28. The number of amides is 1. The van der Waals surface area contributed by atoms with Gasteiger partial charge in [-0.2, -0.15) is 5.10 Å². The number of carbonyl (C=O) groups is 1. The SMILES string of the molecule is Cc1nn(CC(=O)N2CCN(Cc3ccc(F)cc3Cl)CC2)c2nc(C3CC3)cc(C(F)F)c12. The lowest BCUT2D eigenvalue weighted by Gasteiger charge is -2.35. The van der Waals surface area contributed by atoms with Crippen molar-refractivity contribution >= 4 is 28.5 Å². The van der Waals surface area contributed by atoms with Crippen molar-refractivity contribution in [2.45, 2.75) is 45.2 Å². The van der Waals surface area contributed by atoms with Crippen LogP contribution in [-0.2, 0) is 17.9 Å². The molecular formula is C24H25ClF3N5O. The van der Waals surface area contributed by atoms with Gasteiger partial charge in [0.25, 0.3) is 6.43 Å². The van der Waals surface area contributed by atoms with E-state index in [4.69, 9.17) is 11.6 Å². The van der Waals surface area contributed by atoms with E-state index in [-0.39, 0.29) is 29.8 Å². The lowest BCUT2D eigenvalue weighted by Crippen LogP contribution is -2.49. The van der Waals surface area contributed by atoms with Crippen LogP contribution in [0, 0.1) is 12.7 Å². The van der Waals surface area contributed by atoms with E-state index in [9.17, 15) is 18.0 Å².